The Labute approximate surface area is 206 Å². The lowest BCUT2D eigenvalue weighted by molar-refractivity contribution is -0.120. The summed E-state index contributed by atoms with van der Waals surface area (Å²) in [6.07, 6.45) is 2.73. The van der Waals surface area contributed by atoms with Crippen molar-refractivity contribution in [3.63, 3.8) is 0 Å². The molecule has 184 valence electrons. The third kappa shape index (κ3) is 5.27. The van der Waals surface area contributed by atoms with Crippen molar-refractivity contribution in [3.8, 4) is 11.5 Å². The Hall–Kier alpha value is -3.52. The predicted octanol–water partition coefficient (Wildman–Crippen LogP) is 4.40. The van der Waals surface area contributed by atoms with Gasteiger partial charge < -0.3 is 14.8 Å². The van der Waals surface area contributed by atoms with Crippen molar-refractivity contribution >= 4 is 21.6 Å². The van der Waals surface area contributed by atoms with Crippen molar-refractivity contribution in [2.45, 2.75) is 37.1 Å². The number of carbonyl (C=O) groups is 1. The molecule has 4 rings (SSSR count). The van der Waals surface area contributed by atoms with Crippen molar-refractivity contribution in [1.82, 2.24) is 5.32 Å². The minimum atomic E-state index is -4.09. The van der Waals surface area contributed by atoms with E-state index in [-0.39, 0.29) is 16.6 Å². The summed E-state index contributed by atoms with van der Waals surface area (Å²) in [5.41, 5.74) is 3.46. The number of fused-ring (bicyclic) bond motifs is 1. The normalized spacial score (nSPS) is 15.1. The molecule has 0 heterocycles. The van der Waals surface area contributed by atoms with Crippen LogP contribution < -0.4 is 19.1 Å². The SMILES string of the molecule is COc1ccc(OC)c(N(CC(=O)NC2CCCc3ccccc32)S(=O)(=O)c2ccc(C)cc2)c1. The van der Waals surface area contributed by atoms with Gasteiger partial charge in [0, 0.05) is 6.07 Å². The number of sulfonamides is 1. The number of rotatable bonds is 8. The molecular formula is C27H30N2O5S. The van der Waals surface area contributed by atoms with E-state index in [2.05, 4.69) is 11.4 Å². The van der Waals surface area contributed by atoms with Crippen LogP contribution >= 0.6 is 0 Å². The van der Waals surface area contributed by atoms with Crippen molar-refractivity contribution in [2.24, 2.45) is 0 Å². The van der Waals surface area contributed by atoms with E-state index in [1.54, 1.807) is 42.5 Å². The van der Waals surface area contributed by atoms with Gasteiger partial charge in [0.15, 0.2) is 0 Å². The average Bonchev–Trinajstić information content (AvgIpc) is 2.87. The molecule has 0 aliphatic heterocycles. The minimum absolute atomic E-state index is 0.0868. The minimum Gasteiger partial charge on any atom is -0.497 e. The van der Waals surface area contributed by atoms with E-state index in [1.165, 1.54) is 19.8 Å². The van der Waals surface area contributed by atoms with E-state index in [4.69, 9.17) is 9.47 Å². The highest BCUT2D eigenvalue weighted by molar-refractivity contribution is 7.92. The maximum atomic E-state index is 13.8. The number of benzene rings is 3. The average molecular weight is 495 g/mol. The number of nitrogens with one attached hydrogen (secondary N) is 1. The van der Waals surface area contributed by atoms with Crippen molar-refractivity contribution in [2.75, 3.05) is 25.1 Å². The summed E-state index contributed by atoms with van der Waals surface area (Å²) < 4.78 is 39.4. The summed E-state index contributed by atoms with van der Waals surface area (Å²) in [6, 6.07) is 19.3. The molecule has 3 aromatic carbocycles. The van der Waals surface area contributed by atoms with Crippen LogP contribution in [0.1, 0.15) is 35.6 Å². The smallest absolute Gasteiger partial charge is 0.264 e. The van der Waals surface area contributed by atoms with Gasteiger partial charge in [-0.1, -0.05) is 42.0 Å². The van der Waals surface area contributed by atoms with Crippen LogP contribution in [0.25, 0.3) is 0 Å². The number of ether oxygens (including phenoxy) is 2. The summed E-state index contributed by atoms with van der Waals surface area (Å²) in [6.45, 7) is 1.48. The predicted molar refractivity (Wildman–Crippen MR) is 136 cm³/mol. The number of hydrogen-bond acceptors (Lipinski definition) is 5. The van der Waals surface area contributed by atoms with E-state index < -0.39 is 22.5 Å². The zero-order chi connectivity index (χ0) is 25.0. The van der Waals surface area contributed by atoms with Crippen LogP contribution in [-0.2, 0) is 21.2 Å². The third-order valence-corrected chi connectivity index (χ3v) is 8.03. The van der Waals surface area contributed by atoms with E-state index in [0.717, 1.165) is 34.7 Å². The summed E-state index contributed by atoms with van der Waals surface area (Å²) in [4.78, 5) is 13.4. The molecule has 7 nitrogen and oxygen atoms in total. The Morgan fingerprint density at radius 2 is 1.77 bits per heavy atom. The van der Waals surface area contributed by atoms with Gasteiger partial charge in [-0.25, -0.2) is 8.42 Å². The van der Waals surface area contributed by atoms with Crippen LogP contribution in [-0.4, -0.2) is 35.1 Å². The molecule has 1 unspecified atom stereocenters. The molecule has 0 saturated heterocycles. The lowest BCUT2D eigenvalue weighted by atomic mass is 9.88. The first-order valence-electron chi connectivity index (χ1n) is 11.5. The number of aryl methyl sites for hydroxylation is 2. The topological polar surface area (TPSA) is 84.9 Å². The molecule has 3 aromatic rings. The molecule has 1 amide bonds. The monoisotopic (exact) mass is 494 g/mol. The fraction of sp³-hybridized carbons (Fsp3) is 0.296. The Morgan fingerprint density at radius 1 is 1.03 bits per heavy atom. The standard InChI is InChI=1S/C27H30N2O5S/c1-19-11-14-22(15-12-19)35(31,32)29(25-17-21(33-2)13-16-26(25)34-3)18-27(30)28-24-10-6-8-20-7-4-5-9-23(20)24/h4-5,7,9,11-17,24H,6,8,10,18H2,1-3H3,(H,28,30). The molecule has 0 radical (unpaired) electrons. The number of anilines is 1. The van der Waals surface area contributed by atoms with Crippen LogP contribution in [0.15, 0.2) is 71.6 Å². The number of amides is 1. The highest BCUT2D eigenvalue weighted by atomic mass is 32.2. The second kappa shape index (κ2) is 10.4. The summed E-state index contributed by atoms with van der Waals surface area (Å²) in [5, 5.41) is 3.06. The molecule has 1 atom stereocenters. The number of methoxy groups -OCH3 is 2. The van der Waals surface area contributed by atoms with Gasteiger partial charge >= 0.3 is 0 Å². The first-order chi connectivity index (χ1) is 16.8. The molecule has 0 bridgehead atoms. The van der Waals surface area contributed by atoms with Crippen molar-refractivity contribution in [3.05, 3.63) is 83.4 Å². The fourth-order valence-electron chi connectivity index (χ4n) is 4.40. The molecule has 0 spiro atoms. The first-order valence-corrected chi connectivity index (χ1v) is 13.0. The zero-order valence-electron chi connectivity index (χ0n) is 20.2. The number of carbonyl (C=O) groups excluding carboxylic acids is 1. The molecule has 0 aromatic heterocycles. The lowest BCUT2D eigenvalue weighted by Gasteiger charge is -2.29. The van der Waals surface area contributed by atoms with Gasteiger partial charge in [-0.3, -0.25) is 9.10 Å². The first kappa shape index (κ1) is 24.6. The fourth-order valence-corrected chi connectivity index (χ4v) is 5.83. The molecular weight excluding hydrogens is 464 g/mol. The molecule has 1 aliphatic carbocycles. The summed E-state index contributed by atoms with van der Waals surface area (Å²) in [7, 11) is -1.13. The van der Waals surface area contributed by atoms with Gasteiger partial charge in [0.05, 0.1) is 30.8 Å². The number of hydrogen-bond donors (Lipinski definition) is 1. The summed E-state index contributed by atoms with van der Waals surface area (Å²) in [5.74, 6) is 0.371. The van der Waals surface area contributed by atoms with Crippen LogP contribution in [0.2, 0.25) is 0 Å². The number of nitrogens with zero attached hydrogens (tertiary/aromatic N) is 1. The van der Waals surface area contributed by atoms with E-state index >= 15 is 0 Å². The third-order valence-electron chi connectivity index (χ3n) is 6.26. The van der Waals surface area contributed by atoms with Gasteiger partial charge in [0.2, 0.25) is 5.91 Å². The maximum Gasteiger partial charge on any atom is 0.264 e. The van der Waals surface area contributed by atoms with Gasteiger partial charge in [0.25, 0.3) is 10.0 Å². The molecule has 8 heteroatoms. The molecule has 1 N–H and O–H groups in total. The van der Waals surface area contributed by atoms with Crippen molar-refractivity contribution in [1.29, 1.82) is 0 Å². The largest absolute Gasteiger partial charge is 0.497 e. The van der Waals surface area contributed by atoms with Gasteiger partial charge in [-0.05, 0) is 61.6 Å². The van der Waals surface area contributed by atoms with Crippen LogP contribution in [0.3, 0.4) is 0 Å². The van der Waals surface area contributed by atoms with Gasteiger partial charge in [-0.15, -0.1) is 0 Å². The summed E-state index contributed by atoms with van der Waals surface area (Å²) >= 11 is 0. The highest BCUT2D eigenvalue weighted by Crippen LogP contribution is 2.36. The highest BCUT2D eigenvalue weighted by Gasteiger charge is 2.31. The second-order valence-corrected chi connectivity index (χ2v) is 10.4. The molecule has 0 fully saturated rings. The second-order valence-electron chi connectivity index (χ2n) is 8.57. The zero-order valence-corrected chi connectivity index (χ0v) is 21.0. The Kier molecular flexibility index (Phi) is 7.31. The maximum absolute atomic E-state index is 13.8. The Morgan fingerprint density at radius 3 is 2.49 bits per heavy atom. The Bertz CT molecular complexity index is 1310. The van der Waals surface area contributed by atoms with Crippen molar-refractivity contribution < 1.29 is 22.7 Å². The van der Waals surface area contributed by atoms with Gasteiger partial charge in [-0.2, -0.15) is 0 Å². The van der Waals surface area contributed by atoms with Crippen LogP contribution in [0.5, 0.6) is 11.5 Å². The van der Waals surface area contributed by atoms with Gasteiger partial charge in [0.1, 0.15) is 18.0 Å². The Balaban J connectivity index is 1.70. The van der Waals surface area contributed by atoms with E-state index in [9.17, 15) is 13.2 Å². The molecule has 0 saturated carbocycles. The van der Waals surface area contributed by atoms with Crippen LogP contribution in [0, 0.1) is 6.92 Å². The molecule has 1 aliphatic rings. The quantitative estimate of drug-likeness (QED) is 0.502. The van der Waals surface area contributed by atoms with E-state index in [1.807, 2.05) is 25.1 Å². The van der Waals surface area contributed by atoms with Crippen LogP contribution in [0.4, 0.5) is 5.69 Å². The lowest BCUT2D eigenvalue weighted by Crippen LogP contribution is -2.42. The van der Waals surface area contributed by atoms with E-state index in [0.29, 0.717) is 11.5 Å². The molecule has 35 heavy (non-hydrogen) atoms.